The first-order valence-corrected chi connectivity index (χ1v) is 15.1. The Balaban J connectivity index is 3.05. The third-order valence-electron chi connectivity index (χ3n) is 0.982. The molecule has 0 aliphatic carbocycles. The summed E-state index contributed by atoms with van der Waals surface area (Å²) in [4.78, 5) is 0. The number of halogens is 2. The average Bonchev–Trinajstić information content (AvgIpc) is 2.48. The van der Waals surface area contributed by atoms with Crippen molar-refractivity contribution >= 4 is 67.4 Å². The zero-order valence-electron chi connectivity index (χ0n) is 6.30. The molecule has 70 valence electrons. The summed E-state index contributed by atoms with van der Waals surface area (Å²) in [5.41, 5.74) is 0. The van der Waals surface area contributed by atoms with Gasteiger partial charge in [-0.3, -0.25) is 0 Å². The van der Waals surface area contributed by atoms with Gasteiger partial charge in [-0.15, -0.1) is 0 Å². The van der Waals surface area contributed by atoms with Gasteiger partial charge in [0, 0.05) is 0 Å². The topological polar surface area (TPSA) is 0 Å². The Morgan fingerprint density at radius 2 is 1.75 bits per heavy atom. The molecule has 0 spiro atoms. The molecule has 0 N–H and O–H groups in total. The molecule has 7 heteroatoms. The average molecular weight is 433 g/mol. The summed E-state index contributed by atoms with van der Waals surface area (Å²) in [6.07, 6.45) is 4.30. The van der Waals surface area contributed by atoms with Crippen LogP contribution in [-0.2, 0) is 8.52 Å². The molecule has 1 heterocycles. The summed E-state index contributed by atoms with van der Waals surface area (Å²) in [6, 6.07) is 0. The van der Waals surface area contributed by atoms with E-state index in [-0.39, 0.29) is 17.6 Å². The third-order valence-corrected chi connectivity index (χ3v) is 13.0. The van der Waals surface area contributed by atoms with Gasteiger partial charge in [-0.2, -0.15) is 0 Å². The van der Waals surface area contributed by atoms with Gasteiger partial charge in [0.1, 0.15) is 0 Å². The van der Waals surface area contributed by atoms with Gasteiger partial charge in [-0.1, -0.05) is 0 Å². The molecule has 0 saturated heterocycles. The van der Waals surface area contributed by atoms with Crippen molar-refractivity contribution in [3.05, 3.63) is 3.14 Å². The molecule has 0 bridgehead atoms. The van der Waals surface area contributed by atoms with Crippen LogP contribution in [0.4, 0.5) is 0 Å². The number of rotatable bonds is 3. The van der Waals surface area contributed by atoms with Crippen LogP contribution in [0, 0.1) is 3.14 Å². The fourth-order valence-electron chi connectivity index (χ4n) is 0.561. The standard InChI is InChI=1S/C5H6BrIS5/c1-8-3-4(9-2)11-5(10-3)12-7-6/h1-2H3. The number of hydrogen-bond acceptors (Lipinski definition) is 4. The van der Waals surface area contributed by atoms with Crippen molar-refractivity contribution in [1.29, 1.82) is 0 Å². The van der Waals surface area contributed by atoms with Crippen molar-refractivity contribution in [2.24, 2.45) is 0 Å². The van der Waals surface area contributed by atoms with Crippen molar-refractivity contribution in [1.82, 2.24) is 0 Å². The molecular formula is C5H6BrIS5. The van der Waals surface area contributed by atoms with Gasteiger partial charge in [0.2, 0.25) is 0 Å². The molecule has 0 nitrogen and oxygen atoms in total. The Morgan fingerprint density at radius 1 is 1.25 bits per heavy atom. The Kier molecular flexibility index (Phi) is 6.76. The van der Waals surface area contributed by atoms with Crippen LogP contribution >= 0.6 is 58.9 Å². The van der Waals surface area contributed by atoms with E-state index in [0.29, 0.717) is 0 Å². The zero-order chi connectivity index (χ0) is 8.97. The molecule has 1 aromatic heterocycles. The zero-order valence-corrected chi connectivity index (χ0v) is 14.1. The van der Waals surface area contributed by atoms with Gasteiger partial charge in [-0.05, 0) is 0 Å². The van der Waals surface area contributed by atoms with Crippen LogP contribution in [0.1, 0.15) is 0 Å². The van der Waals surface area contributed by atoms with Crippen LogP contribution < -0.4 is 17.6 Å². The number of hydrogen-bond donors (Lipinski definition) is 0. The van der Waals surface area contributed by atoms with E-state index >= 15 is 0 Å². The van der Waals surface area contributed by atoms with E-state index in [2.05, 4.69) is 25.2 Å². The second-order valence-electron chi connectivity index (χ2n) is 1.57. The van der Waals surface area contributed by atoms with E-state index in [1.54, 1.807) is 0 Å². The Morgan fingerprint density at radius 3 is 2.08 bits per heavy atom. The molecule has 0 aliphatic heterocycles. The van der Waals surface area contributed by atoms with Crippen LogP contribution in [0.25, 0.3) is 0 Å². The van der Waals surface area contributed by atoms with Crippen molar-refractivity contribution in [2.75, 3.05) is 12.5 Å². The van der Waals surface area contributed by atoms with Crippen LogP contribution in [-0.4, -0.2) is 12.5 Å². The van der Waals surface area contributed by atoms with Gasteiger partial charge in [-0.25, -0.2) is 0 Å². The fraction of sp³-hybridized carbons (Fsp3) is 0.400. The van der Waals surface area contributed by atoms with Gasteiger partial charge in [0.15, 0.2) is 0 Å². The molecule has 0 unspecified atom stereocenters. The summed E-state index contributed by atoms with van der Waals surface area (Å²) in [7, 11) is 1.98. The van der Waals surface area contributed by atoms with Gasteiger partial charge >= 0.3 is 109 Å². The first-order valence-electron chi connectivity index (χ1n) is 2.79. The summed E-state index contributed by atoms with van der Waals surface area (Å²) in [5.74, 6) is 0. The van der Waals surface area contributed by atoms with E-state index in [4.69, 9.17) is 0 Å². The predicted molar refractivity (Wildman–Crippen MR) is 65.3 cm³/mol. The van der Waals surface area contributed by atoms with E-state index in [1.165, 1.54) is 11.6 Å². The molecule has 0 aliphatic rings. The first-order chi connectivity index (χ1) is 5.81. The molecule has 1 rings (SSSR count). The Bertz CT molecular complexity index is 279. The van der Waals surface area contributed by atoms with E-state index in [9.17, 15) is 0 Å². The molecule has 0 aromatic carbocycles. The fourth-order valence-corrected chi connectivity index (χ4v) is 15.1. The molecule has 0 radical (unpaired) electrons. The summed E-state index contributed by atoms with van der Waals surface area (Å²) < 4.78 is 4.44. The van der Waals surface area contributed by atoms with E-state index in [0.717, 1.165) is 0 Å². The van der Waals surface area contributed by atoms with Crippen molar-refractivity contribution in [3.63, 3.8) is 0 Å². The molecule has 0 amide bonds. The SMILES string of the molecule is CSc1sc(=[S+][I-]Br)sc1SC. The first kappa shape index (κ1) is 12.3. The number of thioether (sulfide) groups is 2. The van der Waals surface area contributed by atoms with E-state index < -0.39 is 0 Å². The maximum absolute atomic E-state index is 3.54. The van der Waals surface area contributed by atoms with Crippen molar-refractivity contribution < 1.29 is 17.6 Å². The molecule has 0 fully saturated rings. The van der Waals surface area contributed by atoms with Crippen molar-refractivity contribution in [2.45, 2.75) is 8.42 Å². The van der Waals surface area contributed by atoms with Gasteiger partial charge in [0.05, 0.1) is 0 Å². The van der Waals surface area contributed by atoms with Gasteiger partial charge in [0.25, 0.3) is 0 Å². The molecule has 0 atom stereocenters. The predicted octanol–water partition coefficient (Wildman–Crippen LogP) is 1.18. The molecule has 0 saturated carbocycles. The molecular weight excluding hydrogens is 427 g/mol. The summed E-state index contributed by atoms with van der Waals surface area (Å²) in [5, 5.41) is 0. The minimum absolute atomic E-state index is 0.150. The summed E-state index contributed by atoms with van der Waals surface area (Å²) in [6.45, 7) is 0. The van der Waals surface area contributed by atoms with Crippen molar-refractivity contribution in [3.8, 4) is 0 Å². The quantitative estimate of drug-likeness (QED) is 0.304. The van der Waals surface area contributed by atoms with Gasteiger partial charge < -0.3 is 0 Å². The molecule has 12 heavy (non-hydrogen) atoms. The second kappa shape index (κ2) is 6.62. The normalized spacial score (nSPS) is 10.6. The summed E-state index contributed by atoms with van der Waals surface area (Å²) >= 11 is 11.3. The Hall–Kier alpha value is 2.18. The van der Waals surface area contributed by atoms with Crippen LogP contribution in [0.15, 0.2) is 8.42 Å². The van der Waals surface area contributed by atoms with Crippen LogP contribution in [0.3, 0.4) is 0 Å². The molecule has 1 aromatic rings. The van der Waals surface area contributed by atoms with E-state index in [1.807, 2.05) is 54.7 Å². The third kappa shape index (κ3) is 3.39. The maximum atomic E-state index is 3.54. The van der Waals surface area contributed by atoms with Crippen LogP contribution in [0.2, 0.25) is 0 Å². The monoisotopic (exact) mass is 432 g/mol. The minimum atomic E-state index is 0.150. The Labute approximate surface area is 107 Å². The second-order valence-corrected chi connectivity index (χ2v) is 14.5. The van der Waals surface area contributed by atoms with Crippen LogP contribution in [0.5, 0.6) is 0 Å².